The van der Waals surface area contributed by atoms with Crippen LogP contribution in [0.25, 0.3) is 0 Å². The number of morpholine rings is 1. The number of ketones is 1. The van der Waals surface area contributed by atoms with E-state index < -0.39 is 0 Å². The van der Waals surface area contributed by atoms with E-state index in [0.29, 0.717) is 18.8 Å². The summed E-state index contributed by atoms with van der Waals surface area (Å²) in [7, 11) is 0. The molecule has 1 aliphatic heterocycles. The Labute approximate surface area is 118 Å². The van der Waals surface area contributed by atoms with Crippen LogP contribution in [0.2, 0.25) is 0 Å². The third kappa shape index (κ3) is 9.17. The van der Waals surface area contributed by atoms with Crippen molar-refractivity contribution < 1.29 is 9.53 Å². The van der Waals surface area contributed by atoms with Crippen LogP contribution in [0, 0.1) is 0 Å². The van der Waals surface area contributed by atoms with Crippen LogP contribution in [0.1, 0.15) is 71.1 Å². The van der Waals surface area contributed by atoms with E-state index in [0.717, 1.165) is 26.0 Å². The van der Waals surface area contributed by atoms with Crippen LogP contribution in [0.4, 0.5) is 0 Å². The summed E-state index contributed by atoms with van der Waals surface area (Å²) in [6, 6.07) is 0.260. The Kier molecular flexibility index (Phi) is 10.0. The van der Waals surface area contributed by atoms with E-state index in [2.05, 4.69) is 12.2 Å². The fraction of sp³-hybridized carbons (Fsp3) is 0.938. The molecular formula is C16H31NO2. The van der Waals surface area contributed by atoms with Gasteiger partial charge in [0.05, 0.1) is 13.2 Å². The lowest BCUT2D eigenvalue weighted by Gasteiger charge is -2.23. The molecule has 3 nitrogen and oxygen atoms in total. The minimum atomic E-state index is 0.260. The summed E-state index contributed by atoms with van der Waals surface area (Å²) in [5.74, 6) is 0.397. The smallest absolute Gasteiger partial charge is 0.134 e. The van der Waals surface area contributed by atoms with Gasteiger partial charge in [-0.1, -0.05) is 51.9 Å². The summed E-state index contributed by atoms with van der Waals surface area (Å²) < 4.78 is 5.36. The minimum Gasteiger partial charge on any atom is -0.379 e. The Hall–Kier alpha value is -0.410. The van der Waals surface area contributed by atoms with Gasteiger partial charge in [0.15, 0.2) is 0 Å². The van der Waals surface area contributed by atoms with Crippen molar-refractivity contribution in [2.45, 2.75) is 77.2 Å². The van der Waals surface area contributed by atoms with Crippen molar-refractivity contribution in [1.29, 1.82) is 0 Å². The highest BCUT2D eigenvalue weighted by atomic mass is 16.5. The number of nitrogens with one attached hydrogen (secondary N) is 1. The number of carbonyl (C=O) groups excluding carboxylic acids is 1. The molecule has 0 bridgehead atoms. The Morgan fingerprint density at radius 3 is 2.42 bits per heavy atom. The first-order valence-corrected chi connectivity index (χ1v) is 8.15. The molecule has 1 N–H and O–H groups in total. The van der Waals surface area contributed by atoms with Gasteiger partial charge in [-0.05, 0) is 6.42 Å². The van der Waals surface area contributed by atoms with Crippen LogP contribution in [0.15, 0.2) is 0 Å². The lowest BCUT2D eigenvalue weighted by molar-refractivity contribution is -0.120. The zero-order valence-corrected chi connectivity index (χ0v) is 12.6. The predicted octanol–water partition coefficient (Wildman–Crippen LogP) is 3.46. The normalized spacial score (nSPS) is 19.5. The van der Waals surface area contributed by atoms with E-state index in [1.54, 1.807) is 0 Å². The Balaban J connectivity index is 1.87. The van der Waals surface area contributed by atoms with Crippen molar-refractivity contribution in [3.05, 3.63) is 0 Å². The van der Waals surface area contributed by atoms with Gasteiger partial charge in [-0.15, -0.1) is 0 Å². The highest BCUT2D eigenvalue weighted by Crippen LogP contribution is 2.11. The van der Waals surface area contributed by atoms with Crippen LogP contribution in [0.5, 0.6) is 0 Å². The lowest BCUT2D eigenvalue weighted by Crippen LogP contribution is -2.42. The number of unbranched alkanes of at least 4 members (excludes halogenated alkanes) is 7. The molecule has 0 spiro atoms. The first-order chi connectivity index (χ1) is 9.33. The van der Waals surface area contributed by atoms with E-state index in [-0.39, 0.29) is 6.04 Å². The monoisotopic (exact) mass is 269 g/mol. The SMILES string of the molecule is CCCCCCCCCCC(=O)CC1COCCN1. The van der Waals surface area contributed by atoms with Crippen LogP contribution in [0.3, 0.4) is 0 Å². The third-order valence-electron chi connectivity index (χ3n) is 3.78. The summed E-state index contributed by atoms with van der Waals surface area (Å²) in [5, 5.41) is 3.33. The summed E-state index contributed by atoms with van der Waals surface area (Å²) in [6.45, 7) is 4.61. The van der Waals surface area contributed by atoms with Crippen molar-refractivity contribution >= 4 is 5.78 Å². The topological polar surface area (TPSA) is 38.3 Å². The molecule has 0 saturated carbocycles. The summed E-state index contributed by atoms with van der Waals surface area (Å²) in [4.78, 5) is 11.8. The molecule has 0 aromatic rings. The molecule has 1 aliphatic rings. The predicted molar refractivity (Wildman–Crippen MR) is 79.5 cm³/mol. The van der Waals surface area contributed by atoms with Crippen molar-refractivity contribution in [2.75, 3.05) is 19.8 Å². The van der Waals surface area contributed by atoms with Crippen LogP contribution in [-0.4, -0.2) is 31.6 Å². The number of hydrogen-bond donors (Lipinski definition) is 1. The largest absolute Gasteiger partial charge is 0.379 e. The maximum absolute atomic E-state index is 11.8. The first-order valence-electron chi connectivity index (χ1n) is 8.15. The number of carbonyl (C=O) groups is 1. The van der Waals surface area contributed by atoms with Crippen LogP contribution >= 0.6 is 0 Å². The number of Topliss-reactive ketones (excluding diaryl/α,β-unsaturated/α-hetero) is 1. The Bertz CT molecular complexity index is 225. The summed E-state index contributed by atoms with van der Waals surface area (Å²) >= 11 is 0. The molecule has 1 unspecified atom stereocenters. The maximum atomic E-state index is 11.8. The lowest BCUT2D eigenvalue weighted by atomic mass is 10.0. The molecule has 0 aromatic heterocycles. The second-order valence-corrected chi connectivity index (χ2v) is 5.69. The fourth-order valence-corrected chi connectivity index (χ4v) is 2.58. The van der Waals surface area contributed by atoms with Crippen molar-refractivity contribution in [3.63, 3.8) is 0 Å². The van der Waals surface area contributed by atoms with Gasteiger partial charge in [-0.2, -0.15) is 0 Å². The average Bonchev–Trinajstić information content (AvgIpc) is 2.43. The van der Waals surface area contributed by atoms with E-state index in [1.165, 1.54) is 44.9 Å². The number of rotatable bonds is 11. The van der Waals surface area contributed by atoms with E-state index in [9.17, 15) is 4.79 Å². The van der Waals surface area contributed by atoms with E-state index in [4.69, 9.17) is 4.74 Å². The van der Waals surface area contributed by atoms with Gasteiger partial charge in [0.2, 0.25) is 0 Å². The maximum Gasteiger partial charge on any atom is 0.134 e. The third-order valence-corrected chi connectivity index (χ3v) is 3.78. The summed E-state index contributed by atoms with van der Waals surface area (Å²) in [6.07, 6.45) is 11.8. The quantitative estimate of drug-likeness (QED) is 0.584. The second-order valence-electron chi connectivity index (χ2n) is 5.69. The molecule has 0 radical (unpaired) electrons. The fourth-order valence-electron chi connectivity index (χ4n) is 2.58. The zero-order chi connectivity index (χ0) is 13.8. The minimum absolute atomic E-state index is 0.260. The molecule has 1 heterocycles. The Morgan fingerprint density at radius 2 is 1.79 bits per heavy atom. The van der Waals surface area contributed by atoms with Crippen LogP contribution < -0.4 is 5.32 Å². The van der Waals surface area contributed by atoms with Gasteiger partial charge in [-0.25, -0.2) is 0 Å². The van der Waals surface area contributed by atoms with Crippen molar-refractivity contribution in [2.24, 2.45) is 0 Å². The highest BCUT2D eigenvalue weighted by molar-refractivity contribution is 5.78. The highest BCUT2D eigenvalue weighted by Gasteiger charge is 2.16. The van der Waals surface area contributed by atoms with Crippen molar-refractivity contribution in [3.8, 4) is 0 Å². The second kappa shape index (κ2) is 11.4. The van der Waals surface area contributed by atoms with Gasteiger partial charge in [0, 0.05) is 25.4 Å². The molecule has 112 valence electrons. The first kappa shape index (κ1) is 16.6. The molecule has 0 amide bonds. The molecule has 1 saturated heterocycles. The molecule has 3 heteroatoms. The molecule has 19 heavy (non-hydrogen) atoms. The molecule has 0 aliphatic carbocycles. The Morgan fingerprint density at radius 1 is 1.11 bits per heavy atom. The number of ether oxygens (including phenoxy) is 1. The van der Waals surface area contributed by atoms with Gasteiger partial charge in [-0.3, -0.25) is 4.79 Å². The van der Waals surface area contributed by atoms with Gasteiger partial charge in [0.25, 0.3) is 0 Å². The molecule has 0 aromatic carbocycles. The van der Waals surface area contributed by atoms with Gasteiger partial charge in [0.1, 0.15) is 5.78 Å². The molecule has 1 fully saturated rings. The number of hydrogen-bond acceptors (Lipinski definition) is 3. The average molecular weight is 269 g/mol. The molecular weight excluding hydrogens is 238 g/mol. The zero-order valence-electron chi connectivity index (χ0n) is 12.6. The molecule has 1 atom stereocenters. The van der Waals surface area contributed by atoms with Crippen LogP contribution in [-0.2, 0) is 9.53 Å². The summed E-state index contributed by atoms with van der Waals surface area (Å²) in [5.41, 5.74) is 0. The standard InChI is InChI=1S/C16H31NO2/c1-2-3-4-5-6-7-8-9-10-16(18)13-15-14-19-12-11-17-15/h15,17H,2-14H2,1H3. The van der Waals surface area contributed by atoms with Crippen molar-refractivity contribution in [1.82, 2.24) is 5.32 Å². The van der Waals surface area contributed by atoms with E-state index in [1.807, 2.05) is 0 Å². The van der Waals surface area contributed by atoms with E-state index >= 15 is 0 Å². The van der Waals surface area contributed by atoms with Gasteiger partial charge < -0.3 is 10.1 Å². The van der Waals surface area contributed by atoms with Gasteiger partial charge >= 0.3 is 0 Å². The molecule has 1 rings (SSSR count).